The highest BCUT2D eigenvalue weighted by atomic mass is 32.1. The molecule has 5 nitrogen and oxygen atoms in total. The average molecular weight is 480 g/mol. The summed E-state index contributed by atoms with van der Waals surface area (Å²) in [7, 11) is 0. The molecule has 10 heteroatoms. The quantitative estimate of drug-likeness (QED) is 0.501. The molecule has 2 aliphatic rings. The van der Waals surface area contributed by atoms with Crippen molar-refractivity contribution in [1.29, 1.82) is 0 Å². The number of aromatic hydroxyl groups is 1. The smallest absolute Gasteiger partial charge is 0.405 e. The number of fused-ring (bicyclic) bond motifs is 2. The maximum Gasteiger partial charge on any atom is 0.405 e. The maximum atomic E-state index is 14.5. The first kappa shape index (κ1) is 21.8. The minimum absolute atomic E-state index is 0.0246. The lowest BCUT2D eigenvalue weighted by Crippen LogP contribution is -2.40. The number of nitrogens with one attached hydrogen (secondary N) is 1. The highest BCUT2D eigenvalue weighted by Gasteiger charge is 2.37. The molecule has 0 amide bonds. The third-order valence-corrected chi connectivity index (χ3v) is 7.14. The molecule has 2 heterocycles. The molecule has 2 aromatic carbocycles. The fourth-order valence-electron chi connectivity index (χ4n) is 4.83. The first-order valence-electron chi connectivity index (χ1n) is 10.5. The van der Waals surface area contributed by atoms with E-state index in [1.807, 2.05) is 12.1 Å². The Labute approximate surface area is 190 Å². The van der Waals surface area contributed by atoms with E-state index in [1.165, 1.54) is 6.07 Å². The number of alkyl halides is 3. The van der Waals surface area contributed by atoms with Gasteiger partial charge in [0.2, 0.25) is 5.88 Å². The fraction of sp³-hybridized carbons (Fsp3) is 0.348. The molecule has 33 heavy (non-hydrogen) atoms. The summed E-state index contributed by atoms with van der Waals surface area (Å²) in [6, 6.07) is 9.77. The Hall–Kier alpha value is -3.01. The first-order chi connectivity index (χ1) is 15.7. The molecule has 0 spiro atoms. The average Bonchev–Trinajstić information content (AvgIpc) is 3.30. The summed E-state index contributed by atoms with van der Waals surface area (Å²) >= 11 is 0.993. The van der Waals surface area contributed by atoms with Gasteiger partial charge in [-0.15, -0.1) is 0 Å². The van der Waals surface area contributed by atoms with E-state index >= 15 is 0 Å². The van der Waals surface area contributed by atoms with Gasteiger partial charge in [-0.2, -0.15) is 13.2 Å². The summed E-state index contributed by atoms with van der Waals surface area (Å²) in [5, 5.41) is 10.0. The van der Waals surface area contributed by atoms with Crippen molar-refractivity contribution in [3.63, 3.8) is 0 Å². The minimum atomic E-state index is -4.44. The largest absolute Gasteiger partial charge is 0.494 e. The zero-order valence-electron chi connectivity index (χ0n) is 17.3. The summed E-state index contributed by atoms with van der Waals surface area (Å²) < 4.78 is 59.6. The molecule has 2 unspecified atom stereocenters. The number of halogens is 4. The normalized spacial score (nSPS) is 19.9. The van der Waals surface area contributed by atoms with E-state index in [9.17, 15) is 27.5 Å². The number of rotatable bonds is 4. The highest BCUT2D eigenvalue weighted by molar-refractivity contribution is 7.09. The summed E-state index contributed by atoms with van der Waals surface area (Å²) in [6.45, 7) is -1.19. The Morgan fingerprint density at radius 2 is 2.00 bits per heavy atom. The van der Waals surface area contributed by atoms with Gasteiger partial charge in [-0.3, -0.25) is 9.78 Å². The second-order valence-electron chi connectivity index (χ2n) is 8.29. The fourth-order valence-corrected chi connectivity index (χ4v) is 5.72. The van der Waals surface area contributed by atoms with E-state index in [1.54, 1.807) is 12.1 Å². The molecule has 0 radical (unpaired) electrons. The lowest BCUT2D eigenvalue weighted by Gasteiger charge is -2.36. The van der Waals surface area contributed by atoms with Crippen LogP contribution < -0.4 is 14.5 Å². The first-order valence-corrected chi connectivity index (χ1v) is 11.3. The van der Waals surface area contributed by atoms with Crippen LogP contribution in [0.5, 0.6) is 11.6 Å². The molecule has 0 fully saturated rings. The third kappa shape index (κ3) is 4.19. The van der Waals surface area contributed by atoms with Gasteiger partial charge in [-0.25, -0.2) is 4.39 Å². The van der Waals surface area contributed by atoms with Crippen LogP contribution in [0, 0.1) is 5.82 Å². The van der Waals surface area contributed by atoms with Crippen molar-refractivity contribution in [2.45, 2.75) is 37.5 Å². The molecule has 0 bridgehead atoms. The molecular weight excluding hydrogens is 460 g/mol. The van der Waals surface area contributed by atoms with Crippen LogP contribution in [-0.4, -0.2) is 29.4 Å². The Kier molecular flexibility index (Phi) is 5.35. The second-order valence-corrected chi connectivity index (χ2v) is 9.30. The number of aromatic amines is 1. The number of aryl methyl sites for hydroxylation is 1. The van der Waals surface area contributed by atoms with E-state index in [4.69, 9.17) is 4.74 Å². The number of thiazole rings is 1. The van der Waals surface area contributed by atoms with Gasteiger partial charge in [0.25, 0.3) is 0 Å². The summed E-state index contributed by atoms with van der Waals surface area (Å²) in [5.74, 6) is -0.344. The Balaban J connectivity index is 1.40. The predicted octanol–water partition coefficient (Wildman–Crippen LogP) is 5.25. The molecule has 5 rings (SSSR count). The number of hydrogen-bond donors (Lipinski definition) is 2. The lowest BCUT2D eigenvalue weighted by molar-refractivity contribution is -0.120. The number of benzene rings is 2. The van der Waals surface area contributed by atoms with Crippen LogP contribution in [0.3, 0.4) is 0 Å². The standard InChI is InChI=1S/C23H20F4N2O3S/c24-17-3-1-2-16-18(8-9-29(19(16)17)11-23(25,26)27)32-13-5-7-14-12(10-13)4-6-15(14)20-21(30)28-22(31)33-20/h1-3,5,7,10,15,18,30H,4,6,8-9,11H2,(H,28,31). The summed E-state index contributed by atoms with van der Waals surface area (Å²) in [4.78, 5) is 15.3. The number of ether oxygens (including phenoxy) is 1. The van der Waals surface area contributed by atoms with E-state index in [0.29, 0.717) is 16.2 Å². The van der Waals surface area contributed by atoms with Gasteiger partial charge in [0.1, 0.15) is 24.2 Å². The molecule has 0 saturated heterocycles. The van der Waals surface area contributed by atoms with Gasteiger partial charge < -0.3 is 14.7 Å². The van der Waals surface area contributed by atoms with E-state index in [-0.39, 0.29) is 35.3 Å². The molecule has 2 atom stereocenters. The molecular formula is C23H20F4N2O3S. The van der Waals surface area contributed by atoms with Crippen molar-refractivity contribution >= 4 is 17.0 Å². The van der Waals surface area contributed by atoms with Crippen molar-refractivity contribution in [3.8, 4) is 11.6 Å². The Morgan fingerprint density at radius 3 is 2.73 bits per heavy atom. The van der Waals surface area contributed by atoms with Crippen molar-refractivity contribution in [2.24, 2.45) is 0 Å². The highest BCUT2D eigenvalue weighted by Crippen LogP contribution is 2.44. The van der Waals surface area contributed by atoms with Crippen molar-refractivity contribution in [2.75, 3.05) is 18.0 Å². The van der Waals surface area contributed by atoms with Crippen molar-refractivity contribution in [1.82, 2.24) is 4.98 Å². The van der Waals surface area contributed by atoms with Gasteiger partial charge >= 0.3 is 11.0 Å². The van der Waals surface area contributed by atoms with Crippen LogP contribution in [0.2, 0.25) is 0 Å². The topological polar surface area (TPSA) is 65.6 Å². The van der Waals surface area contributed by atoms with Crippen LogP contribution in [0.1, 0.15) is 46.4 Å². The van der Waals surface area contributed by atoms with Crippen molar-refractivity contribution < 1.29 is 27.4 Å². The molecule has 174 valence electrons. The number of anilines is 1. The molecule has 2 N–H and O–H groups in total. The molecule has 1 aliphatic carbocycles. The van der Waals surface area contributed by atoms with E-state index in [2.05, 4.69) is 4.98 Å². The van der Waals surface area contributed by atoms with Crippen LogP contribution in [0.4, 0.5) is 23.2 Å². The second kappa shape index (κ2) is 8.09. The zero-order valence-corrected chi connectivity index (χ0v) is 18.1. The molecule has 1 aliphatic heterocycles. The SMILES string of the molecule is O=c1[nH]c(O)c(C2CCc3cc(OC4CCN(CC(F)(F)F)c5c(F)cccc54)ccc32)s1. The zero-order chi connectivity index (χ0) is 23.3. The Bertz CT molecular complexity index is 1250. The minimum Gasteiger partial charge on any atom is -0.494 e. The number of aromatic nitrogens is 1. The van der Waals surface area contributed by atoms with E-state index < -0.39 is 24.6 Å². The summed E-state index contributed by atoms with van der Waals surface area (Å²) in [6.07, 6.45) is -3.25. The Morgan fingerprint density at radius 1 is 1.18 bits per heavy atom. The third-order valence-electron chi connectivity index (χ3n) is 6.16. The number of hydrogen-bond acceptors (Lipinski definition) is 5. The predicted molar refractivity (Wildman–Crippen MR) is 116 cm³/mol. The number of nitrogens with zero attached hydrogens (tertiary/aromatic N) is 1. The lowest BCUT2D eigenvalue weighted by atomic mass is 9.97. The van der Waals surface area contributed by atoms with Crippen LogP contribution in [-0.2, 0) is 6.42 Å². The number of para-hydroxylation sites is 1. The maximum absolute atomic E-state index is 14.5. The summed E-state index contributed by atoms with van der Waals surface area (Å²) in [5.41, 5.74) is 2.35. The number of H-pyrrole nitrogens is 1. The molecule has 0 saturated carbocycles. The monoisotopic (exact) mass is 480 g/mol. The molecule has 3 aromatic rings. The van der Waals surface area contributed by atoms with Crippen molar-refractivity contribution in [3.05, 3.63) is 73.5 Å². The molecule has 1 aromatic heterocycles. The van der Waals surface area contributed by atoms with Gasteiger partial charge in [0.15, 0.2) is 0 Å². The van der Waals surface area contributed by atoms with Gasteiger partial charge in [-0.05, 0) is 42.2 Å². The van der Waals surface area contributed by atoms with Crippen LogP contribution >= 0.6 is 11.3 Å². The van der Waals surface area contributed by atoms with E-state index in [0.717, 1.165) is 46.3 Å². The van der Waals surface area contributed by atoms with Crippen LogP contribution in [0.15, 0.2) is 41.2 Å². The van der Waals surface area contributed by atoms with Crippen LogP contribution in [0.25, 0.3) is 0 Å². The van der Waals surface area contributed by atoms with Gasteiger partial charge in [-0.1, -0.05) is 29.5 Å². The van der Waals surface area contributed by atoms with Gasteiger partial charge in [0, 0.05) is 24.4 Å². The van der Waals surface area contributed by atoms with Gasteiger partial charge in [0.05, 0.1) is 10.6 Å².